The van der Waals surface area contributed by atoms with Gasteiger partial charge in [0.1, 0.15) is 0 Å². The lowest BCUT2D eigenvalue weighted by atomic mass is 10.0. The van der Waals surface area contributed by atoms with Crippen molar-refractivity contribution in [2.45, 2.75) is 26.4 Å². The third-order valence-electron chi connectivity index (χ3n) is 3.76. The summed E-state index contributed by atoms with van der Waals surface area (Å²) < 4.78 is 0. The molecule has 2 heterocycles. The van der Waals surface area contributed by atoms with Crippen molar-refractivity contribution in [1.29, 1.82) is 0 Å². The number of hydrogen-bond donors (Lipinski definition) is 1. The zero-order valence-corrected chi connectivity index (χ0v) is 12.4. The summed E-state index contributed by atoms with van der Waals surface area (Å²) in [5.74, 6) is 0.0940. The van der Waals surface area contributed by atoms with Crippen LogP contribution in [0.1, 0.15) is 33.3 Å². The molecule has 4 heteroatoms. The summed E-state index contributed by atoms with van der Waals surface area (Å²) in [5.41, 5.74) is 9.28. The van der Waals surface area contributed by atoms with Gasteiger partial charge in [-0.3, -0.25) is 9.69 Å². The number of thiophene rings is 1. The average molecular weight is 286 g/mol. The molecule has 0 spiro atoms. The molecular formula is C16H18N2OS. The zero-order valence-electron chi connectivity index (χ0n) is 11.6. The van der Waals surface area contributed by atoms with Crippen molar-refractivity contribution in [1.82, 2.24) is 4.90 Å². The predicted molar refractivity (Wildman–Crippen MR) is 83.0 cm³/mol. The Morgan fingerprint density at radius 2 is 2.10 bits per heavy atom. The zero-order chi connectivity index (χ0) is 14.1. The van der Waals surface area contributed by atoms with Crippen LogP contribution in [0.2, 0.25) is 0 Å². The number of carbonyl (C=O) groups excluding carboxylic acids is 1. The largest absolute Gasteiger partial charge is 0.390 e. The number of rotatable bonds is 3. The average Bonchev–Trinajstić information content (AvgIpc) is 2.75. The van der Waals surface area contributed by atoms with Gasteiger partial charge in [-0.25, -0.2) is 0 Å². The van der Waals surface area contributed by atoms with Crippen molar-refractivity contribution in [3.8, 4) is 0 Å². The van der Waals surface area contributed by atoms with Crippen molar-refractivity contribution in [2.75, 3.05) is 12.3 Å². The van der Waals surface area contributed by atoms with Crippen LogP contribution in [0.3, 0.4) is 0 Å². The van der Waals surface area contributed by atoms with Crippen molar-refractivity contribution in [3.05, 3.63) is 51.9 Å². The first-order valence-corrected chi connectivity index (χ1v) is 7.64. The molecule has 2 aromatic rings. The van der Waals surface area contributed by atoms with E-state index in [1.807, 2.05) is 6.07 Å². The summed E-state index contributed by atoms with van der Waals surface area (Å²) >= 11 is 1.57. The number of carbonyl (C=O) groups is 1. The van der Waals surface area contributed by atoms with Crippen LogP contribution in [-0.4, -0.2) is 17.2 Å². The van der Waals surface area contributed by atoms with Crippen LogP contribution in [0.5, 0.6) is 0 Å². The Morgan fingerprint density at radius 1 is 1.35 bits per heavy atom. The van der Waals surface area contributed by atoms with Crippen LogP contribution in [-0.2, 0) is 19.5 Å². The highest BCUT2D eigenvalue weighted by molar-refractivity contribution is 7.16. The van der Waals surface area contributed by atoms with Gasteiger partial charge in [0.15, 0.2) is 5.78 Å². The first kappa shape index (κ1) is 13.3. The van der Waals surface area contributed by atoms with E-state index < -0.39 is 0 Å². The molecule has 0 saturated carbocycles. The first-order valence-electron chi connectivity index (χ1n) is 6.82. The Balaban J connectivity index is 1.79. The smallest absolute Gasteiger partial charge is 0.163 e. The molecule has 0 saturated heterocycles. The predicted octanol–water partition coefficient (Wildman–Crippen LogP) is 3.09. The standard InChI is InChI=1S/C16H18N2OS/c1-11(19)15-13-7-8-18(10-14(13)20-16(15)17)9-12-5-3-2-4-6-12/h2-6H,7-10,17H2,1H3. The Morgan fingerprint density at radius 3 is 2.80 bits per heavy atom. The molecule has 1 aliphatic rings. The minimum absolute atomic E-state index is 0.0940. The molecule has 104 valence electrons. The maximum atomic E-state index is 11.7. The minimum Gasteiger partial charge on any atom is -0.390 e. The molecule has 1 aromatic heterocycles. The molecule has 3 nitrogen and oxygen atoms in total. The number of fused-ring (bicyclic) bond motifs is 1. The second-order valence-corrected chi connectivity index (χ2v) is 6.38. The number of nitrogens with zero attached hydrogens (tertiary/aromatic N) is 1. The Kier molecular flexibility index (Phi) is 3.59. The van der Waals surface area contributed by atoms with Crippen LogP contribution in [0.4, 0.5) is 5.00 Å². The second-order valence-electron chi connectivity index (χ2n) is 5.25. The summed E-state index contributed by atoms with van der Waals surface area (Å²) in [6.07, 6.45) is 0.921. The van der Waals surface area contributed by atoms with Crippen LogP contribution >= 0.6 is 11.3 Å². The van der Waals surface area contributed by atoms with E-state index in [9.17, 15) is 4.79 Å². The highest BCUT2D eigenvalue weighted by Gasteiger charge is 2.25. The second kappa shape index (κ2) is 5.38. The van der Waals surface area contributed by atoms with Gasteiger partial charge in [0, 0.05) is 24.5 Å². The molecule has 0 bridgehead atoms. The molecule has 1 aliphatic heterocycles. The molecule has 0 unspecified atom stereocenters. The molecular weight excluding hydrogens is 268 g/mol. The van der Waals surface area contributed by atoms with Gasteiger partial charge in [-0.1, -0.05) is 30.3 Å². The van der Waals surface area contributed by atoms with Crippen molar-refractivity contribution >= 4 is 22.1 Å². The van der Waals surface area contributed by atoms with Gasteiger partial charge >= 0.3 is 0 Å². The van der Waals surface area contributed by atoms with Gasteiger partial charge in [0.05, 0.1) is 10.6 Å². The molecule has 0 aliphatic carbocycles. The lowest BCUT2D eigenvalue weighted by Crippen LogP contribution is -2.29. The monoisotopic (exact) mass is 286 g/mol. The molecule has 0 radical (unpaired) electrons. The Hall–Kier alpha value is -1.65. The highest BCUT2D eigenvalue weighted by Crippen LogP contribution is 2.35. The van der Waals surface area contributed by atoms with Crippen LogP contribution < -0.4 is 5.73 Å². The normalized spacial score (nSPS) is 15.1. The van der Waals surface area contributed by atoms with Crippen LogP contribution in [0.25, 0.3) is 0 Å². The summed E-state index contributed by atoms with van der Waals surface area (Å²) in [6.45, 7) is 4.44. The van der Waals surface area contributed by atoms with E-state index in [1.165, 1.54) is 16.0 Å². The van der Waals surface area contributed by atoms with E-state index in [-0.39, 0.29) is 5.78 Å². The topological polar surface area (TPSA) is 46.3 Å². The number of benzene rings is 1. The van der Waals surface area contributed by atoms with Gasteiger partial charge in [-0.15, -0.1) is 11.3 Å². The Bertz CT molecular complexity index is 633. The maximum Gasteiger partial charge on any atom is 0.163 e. The lowest BCUT2D eigenvalue weighted by Gasteiger charge is -2.27. The first-order chi connectivity index (χ1) is 9.65. The van der Waals surface area contributed by atoms with Crippen molar-refractivity contribution in [3.63, 3.8) is 0 Å². The highest BCUT2D eigenvalue weighted by atomic mass is 32.1. The lowest BCUT2D eigenvalue weighted by molar-refractivity contribution is 0.101. The summed E-state index contributed by atoms with van der Waals surface area (Å²) in [5, 5.41) is 0.684. The van der Waals surface area contributed by atoms with Crippen LogP contribution in [0, 0.1) is 0 Å². The minimum atomic E-state index is 0.0940. The van der Waals surface area contributed by atoms with E-state index in [4.69, 9.17) is 5.73 Å². The molecule has 1 aromatic carbocycles. The van der Waals surface area contributed by atoms with Gasteiger partial charge in [-0.05, 0) is 24.5 Å². The van der Waals surface area contributed by atoms with E-state index in [1.54, 1.807) is 18.3 Å². The quantitative estimate of drug-likeness (QED) is 0.882. The van der Waals surface area contributed by atoms with E-state index in [2.05, 4.69) is 29.2 Å². The fraction of sp³-hybridized carbons (Fsp3) is 0.312. The maximum absolute atomic E-state index is 11.7. The third kappa shape index (κ3) is 2.49. The van der Waals surface area contributed by atoms with Crippen molar-refractivity contribution < 1.29 is 4.79 Å². The SMILES string of the molecule is CC(=O)c1c(N)sc2c1CCN(Cc1ccccc1)C2. The summed E-state index contributed by atoms with van der Waals surface area (Å²) in [6, 6.07) is 10.5. The van der Waals surface area contributed by atoms with Gasteiger partial charge < -0.3 is 5.73 Å². The number of Topliss-reactive ketones (excluding diaryl/α,β-unsaturated/α-hetero) is 1. The number of nitrogen functional groups attached to an aromatic ring is 1. The molecule has 20 heavy (non-hydrogen) atoms. The summed E-state index contributed by atoms with van der Waals surface area (Å²) in [7, 11) is 0. The van der Waals surface area contributed by atoms with Crippen LogP contribution in [0.15, 0.2) is 30.3 Å². The number of ketones is 1. The molecule has 3 rings (SSSR count). The van der Waals surface area contributed by atoms with E-state index in [0.29, 0.717) is 5.00 Å². The van der Waals surface area contributed by atoms with Gasteiger partial charge in [-0.2, -0.15) is 0 Å². The van der Waals surface area contributed by atoms with Gasteiger partial charge in [0.2, 0.25) is 0 Å². The summed E-state index contributed by atoms with van der Waals surface area (Å²) in [4.78, 5) is 15.4. The fourth-order valence-electron chi connectivity index (χ4n) is 2.84. The number of anilines is 1. The molecule has 2 N–H and O–H groups in total. The fourth-order valence-corrected chi connectivity index (χ4v) is 4.05. The van der Waals surface area contributed by atoms with E-state index >= 15 is 0 Å². The molecule has 0 atom stereocenters. The number of hydrogen-bond acceptors (Lipinski definition) is 4. The van der Waals surface area contributed by atoms with Gasteiger partial charge in [0.25, 0.3) is 0 Å². The molecule has 0 amide bonds. The molecule has 0 fully saturated rings. The van der Waals surface area contributed by atoms with Crippen molar-refractivity contribution in [2.24, 2.45) is 0 Å². The Labute approximate surface area is 123 Å². The third-order valence-corrected chi connectivity index (χ3v) is 4.81. The van der Waals surface area contributed by atoms with E-state index in [0.717, 1.165) is 31.6 Å². The number of nitrogens with two attached hydrogens (primary N) is 1.